The summed E-state index contributed by atoms with van der Waals surface area (Å²) in [7, 11) is 0. The van der Waals surface area contributed by atoms with Gasteiger partial charge in [-0.25, -0.2) is 0 Å². The standard InChI is InChI=1S/2C48H32N2OS.C42H28N2OS/c1-4-13-33(14-5-1)34-23-25-37(26-24-34)49(39-27-29-41-40-19-10-11-22-45(40)51-46(41)32-39)38-28-30-47-43(31-38)42-20-12-21-44(48(42)52-47)50(35-15-6-2-7-16-35)36-17-8-3-9-18-36;1-4-13-33(14-5-1)34-23-25-37(26-24-34)50(36-17-8-3-9-18-36)44-21-12-20-42-43-31-38(28-30-47(43)52-48(42)44)49(35-15-6-2-7-16-35)39-27-29-41-40-19-10-11-22-45(40)51-46(41)32-39;1-4-13-29(14-5-1)43(33-23-25-35-34-19-10-11-22-39(34)45-40(35)28-33)32-24-26-41-37(27-32)36-20-12-21-38(42(36)46-41)44(30-15-6-2-7-16-30)31-17-8-3-9-18-31/h2*1-32H;1-28H. The average molecular weight is 1980 g/mol. The third-order valence-electron chi connectivity index (χ3n) is 28.3. The summed E-state index contributed by atoms with van der Waals surface area (Å²) in [4.78, 5) is 14.1. The monoisotopic (exact) mass is 1980 g/mol. The third kappa shape index (κ3) is 16.8. The van der Waals surface area contributed by atoms with Gasteiger partial charge in [0.2, 0.25) is 0 Å². The van der Waals surface area contributed by atoms with Crippen molar-refractivity contribution in [3.05, 3.63) is 558 Å². The molecule has 0 spiro atoms. The van der Waals surface area contributed by atoms with Crippen LogP contribution in [0.1, 0.15) is 0 Å². The van der Waals surface area contributed by atoms with E-state index in [-0.39, 0.29) is 0 Å². The Labute approximate surface area is 878 Å². The molecular weight excluding hydrogens is 1890 g/mol. The zero-order chi connectivity index (χ0) is 99.3. The topological polar surface area (TPSA) is 58.9 Å². The number of rotatable bonds is 20. The molecule has 0 unspecified atom stereocenters. The Hall–Kier alpha value is -19.1. The van der Waals surface area contributed by atoms with Gasteiger partial charge in [-0.1, -0.05) is 303 Å². The van der Waals surface area contributed by atoms with E-state index in [1.807, 2.05) is 70.4 Å². The molecule has 0 amide bonds. The molecule has 6 heterocycles. The Balaban J connectivity index is 0.000000111. The van der Waals surface area contributed by atoms with Crippen LogP contribution in [-0.4, -0.2) is 0 Å². The first kappa shape index (κ1) is 89.7. The minimum absolute atomic E-state index is 0.873. The van der Waals surface area contributed by atoms with Crippen LogP contribution in [0.3, 0.4) is 0 Å². The van der Waals surface area contributed by atoms with Crippen molar-refractivity contribution in [1.29, 1.82) is 0 Å². The third-order valence-corrected chi connectivity index (χ3v) is 31.9. The predicted octanol–water partition coefficient (Wildman–Crippen LogP) is 42.0. The molecule has 0 aliphatic heterocycles. The molecule has 9 nitrogen and oxygen atoms in total. The molecule has 0 saturated carbocycles. The highest BCUT2D eigenvalue weighted by Gasteiger charge is 2.28. The van der Waals surface area contributed by atoms with Crippen LogP contribution in [0.2, 0.25) is 0 Å². The van der Waals surface area contributed by atoms with E-state index in [4.69, 9.17) is 13.3 Å². The van der Waals surface area contributed by atoms with E-state index < -0.39 is 0 Å². The quantitative estimate of drug-likeness (QED) is 0.0743. The number of hydrogen-bond donors (Lipinski definition) is 0. The zero-order valence-electron chi connectivity index (χ0n) is 81.2. The highest BCUT2D eigenvalue weighted by Crippen LogP contribution is 2.54. The van der Waals surface area contributed by atoms with Crippen molar-refractivity contribution in [3.63, 3.8) is 0 Å². The van der Waals surface area contributed by atoms with Gasteiger partial charge in [-0.2, -0.15) is 0 Å². The summed E-state index contributed by atoms with van der Waals surface area (Å²) in [6.07, 6.45) is 0. The maximum absolute atomic E-state index is 6.39. The number of fused-ring (bicyclic) bond motifs is 18. The number of benzene rings is 23. The van der Waals surface area contributed by atoms with Crippen molar-refractivity contribution in [2.45, 2.75) is 0 Å². The lowest BCUT2D eigenvalue weighted by molar-refractivity contribution is 0.668. The molecule has 29 aromatic rings. The zero-order valence-corrected chi connectivity index (χ0v) is 83.7. The molecule has 0 aliphatic rings. The van der Waals surface area contributed by atoms with Crippen LogP contribution < -0.4 is 29.4 Å². The SMILES string of the molecule is c1ccc(-c2ccc(N(c3ccc4c(c3)oc3ccccc34)c3ccc4sc5c(N(c6ccccc6)c6ccccc6)cccc5c4c3)cc2)cc1.c1ccc(-c2ccc(N(c3ccccc3)c3cccc4c3sc3ccc(N(c5ccccc5)c5ccc6c(c5)oc5ccccc56)cc34)cc2)cc1.c1ccc(N(c2ccc3c(c2)oc2ccccc23)c2ccc3sc4c(N(c5ccccc5)c5ccccc5)cccc4c3c2)cc1. The van der Waals surface area contributed by atoms with Crippen LogP contribution in [0.4, 0.5) is 102 Å². The number of anilines is 18. The van der Waals surface area contributed by atoms with Crippen LogP contribution in [0, 0.1) is 0 Å². The van der Waals surface area contributed by atoms with Crippen molar-refractivity contribution in [1.82, 2.24) is 0 Å². The van der Waals surface area contributed by atoms with Crippen LogP contribution in [0.5, 0.6) is 0 Å². The fourth-order valence-corrected chi connectivity index (χ4v) is 24.9. The fraction of sp³-hybridized carbons (Fsp3) is 0. The molecule has 0 fully saturated rings. The minimum Gasteiger partial charge on any atom is -0.456 e. The number of furan rings is 3. The lowest BCUT2D eigenvalue weighted by Gasteiger charge is -2.26. The van der Waals surface area contributed by atoms with Crippen LogP contribution in [0.15, 0.2) is 571 Å². The van der Waals surface area contributed by atoms with E-state index in [0.29, 0.717) is 0 Å². The molecule has 0 bridgehead atoms. The summed E-state index contributed by atoms with van der Waals surface area (Å²) in [5.74, 6) is 0. The largest absolute Gasteiger partial charge is 0.456 e. The Kier molecular flexibility index (Phi) is 23.4. The molecule has 29 rings (SSSR count). The van der Waals surface area contributed by atoms with Gasteiger partial charge in [0.1, 0.15) is 33.5 Å². The predicted molar refractivity (Wildman–Crippen MR) is 639 cm³/mol. The molecule has 6 aromatic heterocycles. The minimum atomic E-state index is 0.873. The second kappa shape index (κ2) is 39.1. The fourth-order valence-electron chi connectivity index (χ4n) is 21.4. The van der Waals surface area contributed by atoms with Gasteiger partial charge >= 0.3 is 0 Å². The van der Waals surface area contributed by atoms with Crippen molar-refractivity contribution in [2.75, 3.05) is 29.4 Å². The Morgan fingerprint density at radius 2 is 0.313 bits per heavy atom. The molecule has 23 aromatic carbocycles. The molecule has 12 heteroatoms. The number of thiophene rings is 3. The molecule has 0 N–H and O–H groups in total. The normalized spacial score (nSPS) is 11.5. The lowest BCUT2D eigenvalue weighted by atomic mass is 10.0. The maximum Gasteiger partial charge on any atom is 0.137 e. The van der Waals surface area contributed by atoms with Crippen molar-refractivity contribution < 1.29 is 13.3 Å². The molecule has 0 saturated heterocycles. The summed E-state index contributed by atoms with van der Waals surface area (Å²) in [5.41, 5.74) is 30.1. The van der Waals surface area contributed by atoms with E-state index in [1.54, 1.807) is 0 Å². The van der Waals surface area contributed by atoms with E-state index in [1.165, 1.54) is 94.1 Å². The number of nitrogens with zero attached hydrogens (tertiary/aromatic N) is 6. The van der Waals surface area contributed by atoms with Gasteiger partial charge in [-0.3, -0.25) is 0 Å². The first-order valence-corrected chi connectivity index (χ1v) is 52.9. The summed E-state index contributed by atoms with van der Waals surface area (Å²) in [6.45, 7) is 0. The van der Waals surface area contributed by atoms with Crippen molar-refractivity contribution >= 4 is 263 Å². The molecule has 150 heavy (non-hydrogen) atoms. The Morgan fingerprint density at radius 1 is 0.120 bits per heavy atom. The molecule has 710 valence electrons. The highest BCUT2D eigenvalue weighted by molar-refractivity contribution is 7.27. The van der Waals surface area contributed by atoms with E-state index in [2.05, 4.69) is 551 Å². The maximum atomic E-state index is 6.39. The van der Waals surface area contributed by atoms with E-state index in [9.17, 15) is 0 Å². The Morgan fingerprint density at radius 3 is 0.587 bits per heavy atom. The van der Waals surface area contributed by atoms with Gasteiger partial charge in [0.15, 0.2) is 0 Å². The van der Waals surface area contributed by atoms with E-state index in [0.717, 1.165) is 157 Å². The van der Waals surface area contributed by atoms with Crippen molar-refractivity contribution in [2.24, 2.45) is 0 Å². The Bertz CT molecular complexity index is 9910. The molecule has 0 radical (unpaired) electrons. The summed E-state index contributed by atoms with van der Waals surface area (Å²) in [6, 6.07) is 198. The van der Waals surface area contributed by atoms with Gasteiger partial charge in [-0.15, -0.1) is 34.0 Å². The average Bonchev–Trinajstić information content (AvgIpc) is 1.60. The summed E-state index contributed by atoms with van der Waals surface area (Å²) >= 11 is 5.54. The van der Waals surface area contributed by atoms with E-state index >= 15 is 0 Å². The lowest BCUT2D eigenvalue weighted by Crippen LogP contribution is -2.10. The second-order valence-electron chi connectivity index (χ2n) is 37.3. The van der Waals surface area contributed by atoms with Crippen LogP contribution >= 0.6 is 34.0 Å². The second-order valence-corrected chi connectivity index (χ2v) is 40.5. The van der Waals surface area contributed by atoms with Gasteiger partial charge in [-0.05, 0) is 259 Å². The first-order valence-electron chi connectivity index (χ1n) is 50.5. The van der Waals surface area contributed by atoms with Crippen LogP contribution in [0.25, 0.3) is 149 Å². The molecule has 0 atom stereocenters. The molecular formula is C138H92N6O3S3. The number of hydrogen-bond acceptors (Lipinski definition) is 12. The smallest absolute Gasteiger partial charge is 0.137 e. The van der Waals surface area contributed by atoms with Gasteiger partial charge in [0.25, 0.3) is 0 Å². The number of para-hydroxylation sites is 10. The van der Waals surface area contributed by atoms with Crippen molar-refractivity contribution in [3.8, 4) is 22.3 Å². The van der Waals surface area contributed by atoms with Gasteiger partial charge in [0, 0.05) is 182 Å². The van der Waals surface area contributed by atoms with Gasteiger partial charge < -0.3 is 42.7 Å². The summed E-state index contributed by atoms with van der Waals surface area (Å²) in [5, 5.41) is 14.2. The molecule has 0 aliphatic carbocycles. The summed E-state index contributed by atoms with van der Waals surface area (Å²) < 4.78 is 26.6. The first-order chi connectivity index (χ1) is 74.4. The highest BCUT2D eigenvalue weighted by atomic mass is 32.1. The van der Waals surface area contributed by atoms with Gasteiger partial charge in [0.05, 0.1) is 31.2 Å². The van der Waals surface area contributed by atoms with Crippen LogP contribution in [-0.2, 0) is 0 Å².